The molecule has 1 aromatic rings. The zero-order chi connectivity index (χ0) is 16.9. The molecule has 0 radical (unpaired) electrons. The molecule has 0 spiro atoms. The van der Waals surface area contributed by atoms with E-state index in [0.29, 0.717) is 25.4 Å². The normalized spacial score (nSPS) is 17.8. The van der Waals surface area contributed by atoms with Gasteiger partial charge in [0.2, 0.25) is 10.0 Å². The number of Topliss-reactive ketones (excluding diaryl/α,β-unsaturated/α-hetero) is 1. The van der Waals surface area contributed by atoms with Gasteiger partial charge in [0.1, 0.15) is 5.78 Å². The maximum atomic E-state index is 12.4. The first-order chi connectivity index (χ1) is 10.8. The number of hydrogen-bond acceptors (Lipinski definition) is 4. The number of rotatable bonds is 8. The van der Waals surface area contributed by atoms with Gasteiger partial charge in [-0.1, -0.05) is 44.2 Å². The minimum absolute atomic E-state index is 0.0125. The average Bonchev–Trinajstić information content (AvgIpc) is 2.83. The minimum atomic E-state index is -3.40. The Balaban J connectivity index is 1.99. The van der Waals surface area contributed by atoms with Crippen molar-refractivity contribution in [3.63, 3.8) is 0 Å². The monoisotopic (exact) mass is 338 g/mol. The van der Waals surface area contributed by atoms with Gasteiger partial charge in [-0.2, -0.15) is 0 Å². The molecular formula is C17H26N2O3S. The molecule has 1 fully saturated rings. The number of sulfonamides is 1. The number of nitrogens with zero attached hydrogens (tertiary/aromatic N) is 1. The highest BCUT2D eigenvalue weighted by Gasteiger charge is 2.25. The van der Waals surface area contributed by atoms with E-state index in [0.717, 1.165) is 18.5 Å². The molecule has 0 bridgehead atoms. The lowest BCUT2D eigenvalue weighted by atomic mass is 10.0. The van der Waals surface area contributed by atoms with Crippen LogP contribution < -0.4 is 4.72 Å². The zero-order valence-corrected chi connectivity index (χ0v) is 14.7. The molecule has 0 amide bonds. The Bertz CT molecular complexity index is 614. The smallest absolute Gasteiger partial charge is 0.216 e. The van der Waals surface area contributed by atoms with Crippen molar-refractivity contribution >= 4 is 15.8 Å². The van der Waals surface area contributed by atoms with E-state index < -0.39 is 10.0 Å². The maximum absolute atomic E-state index is 12.4. The van der Waals surface area contributed by atoms with Gasteiger partial charge >= 0.3 is 0 Å². The fourth-order valence-corrected chi connectivity index (χ4v) is 4.37. The molecule has 6 heteroatoms. The van der Waals surface area contributed by atoms with E-state index in [1.54, 1.807) is 0 Å². The molecule has 2 rings (SSSR count). The molecule has 5 nitrogen and oxygen atoms in total. The fourth-order valence-electron chi connectivity index (χ4n) is 2.98. The summed E-state index contributed by atoms with van der Waals surface area (Å²) in [6, 6.07) is 9.02. The topological polar surface area (TPSA) is 66.5 Å². The molecule has 0 aromatic heterocycles. The van der Waals surface area contributed by atoms with Crippen LogP contribution in [0.25, 0.3) is 0 Å². The van der Waals surface area contributed by atoms with E-state index in [9.17, 15) is 13.2 Å². The summed E-state index contributed by atoms with van der Waals surface area (Å²) in [7, 11) is -3.40. The molecule has 0 aliphatic carbocycles. The van der Waals surface area contributed by atoms with Gasteiger partial charge in [-0.15, -0.1) is 0 Å². The molecule has 1 aromatic carbocycles. The highest BCUT2D eigenvalue weighted by molar-refractivity contribution is 7.88. The van der Waals surface area contributed by atoms with Gasteiger partial charge in [-0.25, -0.2) is 13.1 Å². The second kappa shape index (κ2) is 8.04. The van der Waals surface area contributed by atoms with Crippen LogP contribution in [0.15, 0.2) is 30.3 Å². The number of benzene rings is 1. The first kappa shape index (κ1) is 18.1. The fraction of sp³-hybridized carbons (Fsp3) is 0.588. The van der Waals surface area contributed by atoms with Crippen LogP contribution in [0, 0.1) is 5.92 Å². The standard InChI is InChI=1S/C17H26N2O3S/c1-14(2)10-16(11-19-9-8-17(20)12-19)18-23(21,22)13-15-6-4-3-5-7-15/h3-7,14,16,18H,8-13H2,1-2H3/t16-/m1/s1. The third kappa shape index (κ3) is 6.41. The lowest BCUT2D eigenvalue weighted by Crippen LogP contribution is -2.44. The number of nitrogens with one attached hydrogen (secondary N) is 1. The summed E-state index contributed by atoms with van der Waals surface area (Å²) >= 11 is 0. The Labute approximate surface area is 139 Å². The van der Waals surface area contributed by atoms with E-state index in [2.05, 4.69) is 18.6 Å². The molecule has 1 heterocycles. The summed E-state index contributed by atoms with van der Waals surface area (Å²) in [5.74, 6) is 0.611. The van der Waals surface area contributed by atoms with E-state index >= 15 is 0 Å². The van der Waals surface area contributed by atoms with Gasteiger partial charge in [0, 0.05) is 25.6 Å². The van der Waals surface area contributed by atoms with Crippen LogP contribution >= 0.6 is 0 Å². The van der Waals surface area contributed by atoms with Gasteiger partial charge < -0.3 is 0 Å². The molecule has 1 aliphatic heterocycles. The van der Waals surface area contributed by atoms with Crippen LogP contribution in [0.4, 0.5) is 0 Å². The predicted octanol–water partition coefficient (Wildman–Crippen LogP) is 1.80. The third-order valence-corrected chi connectivity index (χ3v) is 5.29. The third-order valence-electron chi connectivity index (χ3n) is 3.89. The Morgan fingerprint density at radius 2 is 1.91 bits per heavy atom. The zero-order valence-electron chi connectivity index (χ0n) is 13.9. The highest BCUT2D eigenvalue weighted by Crippen LogP contribution is 2.13. The number of carbonyl (C=O) groups is 1. The number of likely N-dealkylation sites (tertiary alicyclic amines) is 1. The average molecular weight is 338 g/mol. The summed E-state index contributed by atoms with van der Waals surface area (Å²) in [4.78, 5) is 13.4. The maximum Gasteiger partial charge on any atom is 0.216 e. The Morgan fingerprint density at radius 3 is 2.48 bits per heavy atom. The van der Waals surface area contributed by atoms with Crippen LogP contribution in [-0.2, 0) is 20.6 Å². The van der Waals surface area contributed by atoms with Crippen molar-refractivity contribution in [1.29, 1.82) is 0 Å². The first-order valence-electron chi connectivity index (χ1n) is 8.12. The first-order valence-corrected chi connectivity index (χ1v) is 9.77. The van der Waals surface area contributed by atoms with Crippen molar-refractivity contribution in [2.75, 3.05) is 19.6 Å². The molecular weight excluding hydrogens is 312 g/mol. The van der Waals surface area contributed by atoms with Gasteiger partial charge in [-0.05, 0) is 17.9 Å². The van der Waals surface area contributed by atoms with Crippen molar-refractivity contribution in [1.82, 2.24) is 9.62 Å². The second-order valence-electron chi connectivity index (χ2n) is 6.71. The molecule has 0 saturated carbocycles. The van der Waals surface area contributed by atoms with Crippen molar-refractivity contribution in [3.8, 4) is 0 Å². The Morgan fingerprint density at radius 1 is 1.22 bits per heavy atom. The summed E-state index contributed by atoms with van der Waals surface area (Å²) in [6.07, 6.45) is 1.34. The lowest BCUT2D eigenvalue weighted by molar-refractivity contribution is -0.116. The van der Waals surface area contributed by atoms with Crippen molar-refractivity contribution in [3.05, 3.63) is 35.9 Å². The summed E-state index contributed by atoms with van der Waals surface area (Å²) in [5, 5.41) is 0. The van der Waals surface area contributed by atoms with E-state index in [4.69, 9.17) is 0 Å². The highest BCUT2D eigenvalue weighted by atomic mass is 32.2. The molecule has 1 aliphatic rings. The second-order valence-corrected chi connectivity index (χ2v) is 8.47. The molecule has 1 saturated heterocycles. The molecule has 0 unspecified atom stereocenters. The lowest BCUT2D eigenvalue weighted by Gasteiger charge is -2.25. The van der Waals surface area contributed by atoms with Gasteiger partial charge in [0.15, 0.2) is 0 Å². The molecule has 1 N–H and O–H groups in total. The van der Waals surface area contributed by atoms with Crippen LogP contribution in [0.5, 0.6) is 0 Å². The van der Waals surface area contributed by atoms with Gasteiger partial charge in [-0.3, -0.25) is 9.69 Å². The minimum Gasteiger partial charge on any atom is -0.298 e. The van der Waals surface area contributed by atoms with Crippen molar-refractivity contribution < 1.29 is 13.2 Å². The van der Waals surface area contributed by atoms with E-state index in [-0.39, 0.29) is 17.6 Å². The number of carbonyl (C=O) groups excluding carboxylic acids is 1. The molecule has 23 heavy (non-hydrogen) atoms. The van der Waals surface area contributed by atoms with Crippen molar-refractivity contribution in [2.45, 2.75) is 38.5 Å². The Hall–Kier alpha value is -1.24. The Kier molecular flexibility index (Phi) is 6.33. The molecule has 1 atom stereocenters. The van der Waals surface area contributed by atoms with Gasteiger partial charge in [0.05, 0.1) is 12.3 Å². The van der Waals surface area contributed by atoms with Crippen LogP contribution in [-0.4, -0.2) is 44.8 Å². The largest absolute Gasteiger partial charge is 0.298 e. The number of hydrogen-bond donors (Lipinski definition) is 1. The predicted molar refractivity (Wildman–Crippen MR) is 91.5 cm³/mol. The van der Waals surface area contributed by atoms with E-state index in [1.807, 2.05) is 35.2 Å². The summed E-state index contributed by atoms with van der Waals surface area (Å²) < 4.78 is 27.7. The van der Waals surface area contributed by atoms with Crippen LogP contribution in [0.3, 0.4) is 0 Å². The van der Waals surface area contributed by atoms with Crippen molar-refractivity contribution in [2.24, 2.45) is 5.92 Å². The summed E-state index contributed by atoms with van der Waals surface area (Å²) in [5.41, 5.74) is 0.777. The van der Waals surface area contributed by atoms with Gasteiger partial charge in [0.25, 0.3) is 0 Å². The SMILES string of the molecule is CC(C)C[C@H](CN1CCC(=O)C1)NS(=O)(=O)Cc1ccccc1. The quantitative estimate of drug-likeness (QED) is 0.785. The molecule has 128 valence electrons. The van der Waals surface area contributed by atoms with E-state index in [1.165, 1.54) is 0 Å². The summed E-state index contributed by atoms with van der Waals surface area (Å²) in [6.45, 7) is 5.92. The number of ketones is 1. The van der Waals surface area contributed by atoms with Crippen LogP contribution in [0.2, 0.25) is 0 Å². The van der Waals surface area contributed by atoms with Crippen LogP contribution in [0.1, 0.15) is 32.3 Å².